The summed E-state index contributed by atoms with van der Waals surface area (Å²) in [5, 5.41) is 0. The molecule has 1 aromatic rings. The number of ether oxygens (including phenoxy) is 1. The van der Waals surface area contributed by atoms with E-state index >= 15 is 0 Å². The molecule has 0 saturated heterocycles. The normalized spacial score (nSPS) is 11.3. The molecular formula is C14H18N2O4. The third kappa shape index (κ3) is 5.09. The van der Waals surface area contributed by atoms with Crippen LogP contribution in [0.4, 0.5) is 0 Å². The summed E-state index contributed by atoms with van der Waals surface area (Å²) in [7, 11) is 0. The average molecular weight is 278 g/mol. The summed E-state index contributed by atoms with van der Waals surface area (Å²) >= 11 is 0. The number of amides is 2. The van der Waals surface area contributed by atoms with Crippen LogP contribution < -0.4 is 10.9 Å². The molecule has 20 heavy (non-hydrogen) atoms. The fourth-order valence-corrected chi connectivity index (χ4v) is 1.65. The van der Waals surface area contributed by atoms with Gasteiger partial charge in [0.05, 0.1) is 5.92 Å². The van der Waals surface area contributed by atoms with Gasteiger partial charge in [0.15, 0.2) is 6.61 Å². The monoisotopic (exact) mass is 278 g/mol. The lowest BCUT2D eigenvalue weighted by Crippen LogP contribution is -2.42. The molecule has 0 unspecified atom stereocenters. The lowest BCUT2D eigenvalue weighted by atomic mass is 9.97. The maximum atomic E-state index is 11.9. The van der Waals surface area contributed by atoms with Crippen LogP contribution in [0.2, 0.25) is 0 Å². The van der Waals surface area contributed by atoms with E-state index in [-0.39, 0.29) is 0 Å². The van der Waals surface area contributed by atoms with Gasteiger partial charge in [-0.3, -0.25) is 25.2 Å². The van der Waals surface area contributed by atoms with Crippen LogP contribution in [0.1, 0.15) is 31.7 Å². The number of carbonyl (C=O) groups is 3. The van der Waals surface area contributed by atoms with Gasteiger partial charge in [-0.25, -0.2) is 0 Å². The quantitative estimate of drug-likeness (QED) is 0.619. The Morgan fingerprint density at radius 3 is 2.35 bits per heavy atom. The molecule has 6 nitrogen and oxygen atoms in total. The van der Waals surface area contributed by atoms with Gasteiger partial charge in [0, 0.05) is 6.92 Å². The van der Waals surface area contributed by atoms with Crippen molar-refractivity contribution in [2.24, 2.45) is 0 Å². The summed E-state index contributed by atoms with van der Waals surface area (Å²) in [5.41, 5.74) is 5.08. The molecule has 0 saturated carbocycles. The summed E-state index contributed by atoms with van der Waals surface area (Å²) in [5.74, 6) is -1.85. The van der Waals surface area contributed by atoms with Crippen molar-refractivity contribution >= 4 is 17.8 Å². The van der Waals surface area contributed by atoms with Gasteiger partial charge in [-0.05, 0) is 12.0 Å². The van der Waals surface area contributed by atoms with E-state index in [0.29, 0.717) is 6.42 Å². The maximum absolute atomic E-state index is 11.9. The number of rotatable bonds is 5. The second-order valence-corrected chi connectivity index (χ2v) is 4.21. The van der Waals surface area contributed by atoms with E-state index in [9.17, 15) is 14.4 Å². The van der Waals surface area contributed by atoms with Gasteiger partial charge in [0.1, 0.15) is 0 Å². The predicted molar refractivity (Wildman–Crippen MR) is 72.4 cm³/mol. The first kappa shape index (κ1) is 15.7. The summed E-state index contributed by atoms with van der Waals surface area (Å²) in [6.07, 6.45) is 0.580. The Morgan fingerprint density at radius 1 is 1.15 bits per heavy atom. The first-order valence-electron chi connectivity index (χ1n) is 6.31. The fourth-order valence-electron chi connectivity index (χ4n) is 1.65. The maximum Gasteiger partial charge on any atom is 0.313 e. The van der Waals surface area contributed by atoms with Gasteiger partial charge < -0.3 is 4.74 Å². The van der Waals surface area contributed by atoms with Crippen LogP contribution >= 0.6 is 0 Å². The summed E-state index contributed by atoms with van der Waals surface area (Å²) in [6, 6.07) is 9.23. The van der Waals surface area contributed by atoms with E-state index in [1.807, 2.05) is 37.3 Å². The Balaban J connectivity index is 2.48. The first-order valence-corrected chi connectivity index (χ1v) is 6.31. The second kappa shape index (κ2) is 7.93. The van der Waals surface area contributed by atoms with Gasteiger partial charge in [0.2, 0.25) is 5.91 Å². The predicted octanol–water partition coefficient (Wildman–Crippen LogP) is 0.891. The zero-order valence-corrected chi connectivity index (χ0v) is 11.5. The molecule has 0 fully saturated rings. The minimum Gasteiger partial charge on any atom is -0.455 e. The molecule has 0 aliphatic carbocycles. The third-order valence-corrected chi connectivity index (χ3v) is 2.62. The molecule has 0 heterocycles. The van der Waals surface area contributed by atoms with Crippen molar-refractivity contribution in [1.82, 2.24) is 10.9 Å². The zero-order valence-electron chi connectivity index (χ0n) is 11.5. The lowest BCUT2D eigenvalue weighted by molar-refractivity contribution is -0.150. The molecule has 1 atom stereocenters. The number of carbonyl (C=O) groups excluding carboxylic acids is 3. The van der Waals surface area contributed by atoms with Gasteiger partial charge in [-0.1, -0.05) is 37.3 Å². The number of hydrogen-bond acceptors (Lipinski definition) is 4. The van der Waals surface area contributed by atoms with Crippen molar-refractivity contribution in [2.75, 3.05) is 6.61 Å². The van der Waals surface area contributed by atoms with Crippen molar-refractivity contribution in [2.45, 2.75) is 26.2 Å². The Morgan fingerprint density at radius 2 is 1.80 bits per heavy atom. The van der Waals surface area contributed by atoms with E-state index in [2.05, 4.69) is 10.9 Å². The highest BCUT2D eigenvalue weighted by Crippen LogP contribution is 2.20. The Bertz CT molecular complexity index is 473. The molecule has 1 aromatic carbocycles. The fraction of sp³-hybridized carbons (Fsp3) is 0.357. The number of esters is 1. The Kier molecular flexibility index (Phi) is 6.22. The van der Waals surface area contributed by atoms with Crippen LogP contribution in [0.25, 0.3) is 0 Å². The Labute approximate surface area is 117 Å². The minimum absolute atomic E-state index is 0.398. The largest absolute Gasteiger partial charge is 0.455 e. The molecule has 0 aliphatic rings. The summed E-state index contributed by atoms with van der Waals surface area (Å²) < 4.78 is 4.94. The summed E-state index contributed by atoms with van der Waals surface area (Å²) in [6.45, 7) is 2.70. The van der Waals surface area contributed by atoms with Crippen LogP contribution in [0.5, 0.6) is 0 Å². The second-order valence-electron chi connectivity index (χ2n) is 4.21. The standard InChI is InChI=1S/C14H18N2O4/c1-3-12(11-7-5-4-6-8-11)14(19)20-9-13(18)16-15-10(2)17/h4-8,12H,3,9H2,1-2H3,(H,15,17)(H,16,18)/t12-/m0/s1. The molecule has 0 aromatic heterocycles. The number of nitrogens with one attached hydrogen (secondary N) is 2. The third-order valence-electron chi connectivity index (χ3n) is 2.62. The van der Waals surface area contributed by atoms with Crippen molar-refractivity contribution in [1.29, 1.82) is 0 Å². The van der Waals surface area contributed by atoms with Crippen LogP contribution in [-0.4, -0.2) is 24.4 Å². The highest BCUT2D eigenvalue weighted by atomic mass is 16.5. The SMILES string of the molecule is CC[C@H](C(=O)OCC(=O)NNC(C)=O)c1ccccc1. The van der Waals surface area contributed by atoms with Crippen molar-refractivity contribution in [3.8, 4) is 0 Å². The molecule has 0 aliphatic heterocycles. The average Bonchev–Trinajstić information content (AvgIpc) is 2.45. The van der Waals surface area contributed by atoms with E-state index in [4.69, 9.17) is 4.74 Å². The molecule has 2 N–H and O–H groups in total. The molecule has 0 spiro atoms. The topological polar surface area (TPSA) is 84.5 Å². The first-order chi connectivity index (χ1) is 9.54. The van der Waals surface area contributed by atoms with E-state index < -0.39 is 30.3 Å². The molecular weight excluding hydrogens is 260 g/mol. The number of hydrogen-bond donors (Lipinski definition) is 2. The molecule has 108 valence electrons. The lowest BCUT2D eigenvalue weighted by Gasteiger charge is -2.14. The van der Waals surface area contributed by atoms with Crippen molar-refractivity contribution in [3.05, 3.63) is 35.9 Å². The zero-order chi connectivity index (χ0) is 15.0. The minimum atomic E-state index is -0.587. The van der Waals surface area contributed by atoms with Gasteiger partial charge in [-0.15, -0.1) is 0 Å². The smallest absolute Gasteiger partial charge is 0.313 e. The van der Waals surface area contributed by atoms with Gasteiger partial charge in [-0.2, -0.15) is 0 Å². The molecule has 2 amide bonds. The van der Waals surface area contributed by atoms with Crippen LogP contribution in [-0.2, 0) is 19.1 Å². The molecule has 1 rings (SSSR count). The van der Waals surface area contributed by atoms with Gasteiger partial charge >= 0.3 is 5.97 Å². The summed E-state index contributed by atoms with van der Waals surface area (Å²) in [4.78, 5) is 33.8. The Hall–Kier alpha value is -2.37. The van der Waals surface area contributed by atoms with E-state index in [1.165, 1.54) is 6.92 Å². The number of benzene rings is 1. The van der Waals surface area contributed by atoms with Crippen molar-refractivity contribution in [3.63, 3.8) is 0 Å². The molecule has 6 heteroatoms. The van der Waals surface area contributed by atoms with Crippen molar-refractivity contribution < 1.29 is 19.1 Å². The highest BCUT2D eigenvalue weighted by molar-refractivity contribution is 5.84. The van der Waals surface area contributed by atoms with Crippen LogP contribution in [0.15, 0.2) is 30.3 Å². The number of hydrazine groups is 1. The van der Waals surface area contributed by atoms with Gasteiger partial charge in [0.25, 0.3) is 5.91 Å². The molecule has 0 bridgehead atoms. The molecule has 0 radical (unpaired) electrons. The van der Waals surface area contributed by atoms with E-state index in [1.54, 1.807) is 0 Å². The highest BCUT2D eigenvalue weighted by Gasteiger charge is 2.20. The van der Waals surface area contributed by atoms with Crippen LogP contribution in [0, 0.1) is 0 Å². The van der Waals surface area contributed by atoms with Crippen LogP contribution in [0.3, 0.4) is 0 Å². The van der Waals surface area contributed by atoms with E-state index in [0.717, 1.165) is 5.56 Å².